The fraction of sp³-hybridized carbons (Fsp3) is 0.571. The zero-order valence-electron chi connectivity index (χ0n) is 12.5. The van der Waals surface area contributed by atoms with Crippen LogP contribution in [0.1, 0.15) is 38.1 Å². The number of nitrogens with zero attached hydrogens (tertiary/aromatic N) is 1. The zero-order valence-corrected chi connectivity index (χ0v) is 16.0. The van der Waals surface area contributed by atoms with Gasteiger partial charge in [-0.15, -0.1) is 0 Å². The molecule has 0 fully saturated rings. The molecule has 1 rings (SSSR count). The van der Waals surface area contributed by atoms with Crippen LogP contribution in [0.2, 0.25) is 4.71 Å². The SMILES string of the molecule is CC(C)[As]c1cc(Br)ncc1C(=O)NC[C@@H](F)C(C)(C)O. The van der Waals surface area contributed by atoms with E-state index in [0.29, 0.717) is 14.9 Å². The molecule has 0 aliphatic heterocycles. The Morgan fingerprint density at radius 3 is 2.71 bits per heavy atom. The minimum atomic E-state index is -1.52. The molecule has 0 saturated carbocycles. The van der Waals surface area contributed by atoms with Gasteiger partial charge in [-0.25, -0.2) is 0 Å². The number of carbonyl (C=O) groups excluding carboxylic acids is 1. The Kier molecular flexibility index (Phi) is 6.82. The average molecular weight is 422 g/mol. The Morgan fingerprint density at radius 1 is 1.57 bits per heavy atom. The predicted octanol–water partition coefficient (Wildman–Crippen LogP) is 1.84. The molecule has 0 aliphatic rings. The Morgan fingerprint density at radius 2 is 2.19 bits per heavy atom. The first-order chi connectivity index (χ1) is 9.61. The van der Waals surface area contributed by atoms with Crippen LogP contribution in [0, 0.1) is 0 Å². The second kappa shape index (κ2) is 7.70. The van der Waals surface area contributed by atoms with Crippen molar-refractivity contribution in [2.45, 2.75) is 44.2 Å². The van der Waals surface area contributed by atoms with Crippen LogP contribution in [-0.2, 0) is 0 Å². The van der Waals surface area contributed by atoms with Gasteiger partial charge >= 0.3 is 140 Å². The average Bonchev–Trinajstić information content (AvgIpc) is 2.33. The number of rotatable bonds is 6. The van der Waals surface area contributed by atoms with Crippen LogP contribution in [0.3, 0.4) is 0 Å². The Bertz CT molecular complexity index is 506. The van der Waals surface area contributed by atoms with Gasteiger partial charge in [0.05, 0.1) is 0 Å². The van der Waals surface area contributed by atoms with E-state index in [9.17, 15) is 14.3 Å². The van der Waals surface area contributed by atoms with Gasteiger partial charge in [-0.3, -0.25) is 0 Å². The van der Waals surface area contributed by atoms with Gasteiger partial charge in [-0.2, -0.15) is 0 Å². The fourth-order valence-corrected chi connectivity index (χ4v) is 4.43. The molecule has 0 bridgehead atoms. The van der Waals surface area contributed by atoms with Crippen molar-refractivity contribution in [3.05, 3.63) is 22.4 Å². The summed E-state index contributed by atoms with van der Waals surface area (Å²) in [7, 11) is 0. The van der Waals surface area contributed by atoms with Gasteiger partial charge in [0.25, 0.3) is 0 Å². The molecule has 4 nitrogen and oxygen atoms in total. The van der Waals surface area contributed by atoms with Crippen molar-refractivity contribution in [1.82, 2.24) is 10.3 Å². The van der Waals surface area contributed by atoms with E-state index in [1.807, 2.05) is 6.07 Å². The molecular weight excluding hydrogens is 402 g/mol. The van der Waals surface area contributed by atoms with E-state index in [0.717, 1.165) is 4.35 Å². The number of halogens is 2. The van der Waals surface area contributed by atoms with Crippen molar-refractivity contribution < 1.29 is 14.3 Å². The van der Waals surface area contributed by atoms with E-state index in [4.69, 9.17) is 0 Å². The van der Waals surface area contributed by atoms with E-state index >= 15 is 0 Å². The van der Waals surface area contributed by atoms with Crippen molar-refractivity contribution in [3.63, 3.8) is 0 Å². The maximum atomic E-state index is 13.7. The molecule has 1 aromatic heterocycles. The summed E-state index contributed by atoms with van der Waals surface area (Å²) in [4.78, 5) is 16.3. The molecule has 2 N–H and O–H groups in total. The normalized spacial score (nSPS) is 13.9. The van der Waals surface area contributed by atoms with Crippen molar-refractivity contribution in [1.29, 1.82) is 0 Å². The molecule has 0 saturated heterocycles. The molecule has 1 aromatic rings. The molecule has 0 aliphatic carbocycles. The third-order valence-corrected chi connectivity index (χ3v) is 5.58. The topological polar surface area (TPSA) is 62.2 Å². The summed E-state index contributed by atoms with van der Waals surface area (Å²) >= 11 is 3.13. The van der Waals surface area contributed by atoms with Gasteiger partial charge in [0.2, 0.25) is 0 Å². The number of amides is 1. The van der Waals surface area contributed by atoms with Gasteiger partial charge in [0, 0.05) is 0 Å². The quantitative estimate of drug-likeness (QED) is 0.544. The fourth-order valence-electron chi connectivity index (χ4n) is 1.51. The summed E-state index contributed by atoms with van der Waals surface area (Å²) in [5, 5.41) is 12.1. The zero-order chi connectivity index (χ0) is 16.2. The van der Waals surface area contributed by atoms with Gasteiger partial charge in [0.1, 0.15) is 0 Å². The number of carbonyl (C=O) groups is 1. The molecular formula is C14H20AsBrFN2O2. The van der Waals surface area contributed by atoms with Crippen LogP contribution in [0.25, 0.3) is 0 Å². The van der Waals surface area contributed by atoms with Crippen LogP contribution >= 0.6 is 15.9 Å². The second-order valence-corrected chi connectivity index (χ2v) is 10.1. The standard InChI is InChI=1S/C14H20AsBrFN2O2/c1-8(2)15-10-5-12(16)18-6-9(10)13(20)19-7-11(17)14(3,4)21/h5-6,8,11,21H,7H2,1-4H3,(H,19,20)/t11-/m1/s1. The third-order valence-electron chi connectivity index (χ3n) is 2.70. The van der Waals surface area contributed by atoms with Crippen LogP contribution in [-0.4, -0.2) is 50.1 Å². The monoisotopic (exact) mass is 421 g/mol. The summed E-state index contributed by atoms with van der Waals surface area (Å²) in [5.74, 6) is -0.354. The van der Waals surface area contributed by atoms with Crippen LogP contribution in [0.15, 0.2) is 16.9 Å². The summed E-state index contributed by atoms with van der Waals surface area (Å²) in [6.45, 7) is 6.72. The summed E-state index contributed by atoms with van der Waals surface area (Å²) in [5.41, 5.74) is -0.993. The molecule has 1 radical (unpaired) electrons. The first-order valence-electron chi connectivity index (χ1n) is 6.62. The number of aromatic nitrogens is 1. The van der Waals surface area contributed by atoms with Crippen LogP contribution < -0.4 is 9.67 Å². The van der Waals surface area contributed by atoms with Crippen LogP contribution in [0.4, 0.5) is 4.39 Å². The number of hydrogen-bond acceptors (Lipinski definition) is 3. The first kappa shape index (κ1) is 18.6. The summed E-state index contributed by atoms with van der Waals surface area (Å²) in [6, 6.07) is 1.85. The molecule has 1 heterocycles. The second-order valence-electron chi connectivity index (χ2n) is 5.58. The molecule has 21 heavy (non-hydrogen) atoms. The molecule has 117 valence electrons. The molecule has 0 unspecified atom stereocenters. The predicted molar refractivity (Wildman–Crippen MR) is 86.0 cm³/mol. The molecule has 7 heteroatoms. The Hall–Kier alpha value is -0.452. The van der Waals surface area contributed by atoms with E-state index in [2.05, 4.69) is 40.1 Å². The van der Waals surface area contributed by atoms with Gasteiger partial charge in [-0.1, -0.05) is 0 Å². The van der Waals surface area contributed by atoms with Crippen molar-refractivity contribution in [2.75, 3.05) is 6.54 Å². The van der Waals surface area contributed by atoms with Gasteiger partial charge < -0.3 is 0 Å². The van der Waals surface area contributed by atoms with E-state index in [1.54, 1.807) is 0 Å². The minimum absolute atomic E-state index is 0.173. The number of hydrogen-bond donors (Lipinski definition) is 2. The number of pyridine rings is 1. The third kappa shape index (κ3) is 6.05. The van der Waals surface area contributed by atoms with Crippen molar-refractivity contribution in [3.8, 4) is 0 Å². The number of alkyl halides is 1. The Balaban J connectivity index is 2.82. The van der Waals surface area contributed by atoms with Gasteiger partial charge in [-0.05, 0) is 0 Å². The van der Waals surface area contributed by atoms with Crippen molar-refractivity contribution in [2.24, 2.45) is 0 Å². The molecule has 0 spiro atoms. The molecule has 1 atom stereocenters. The summed E-state index contributed by atoms with van der Waals surface area (Å²) in [6.07, 6.45) is -0.0176. The molecule has 1 amide bonds. The summed E-state index contributed by atoms with van der Waals surface area (Å²) < 4.78 is 15.8. The van der Waals surface area contributed by atoms with Crippen molar-refractivity contribution >= 4 is 41.9 Å². The Labute approximate surface area is 139 Å². The van der Waals surface area contributed by atoms with E-state index < -0.39 is 11.8 Å². The number of nitrogens with one attached hydrogen (secondary N) is 1. The maximum absolute atomic E-state index is 13.7. The van der Waals surface area contributed by atoms with E-state index in [-0.39, 0.29) is 28.2 Å². The molecule has 0 aromatic carbocycles. The first-order valence-corrected chi connectivity index (χ1v) is 9.43. The number of aliphatic hydroxyl groups is 1. The van der Waals surface area contributed by atoms with Crippen LogP contribution in [0.5, 0.6) is 0 Å². The van der Waals surface area contributed by atoms with E-state index in [1.165, 1.54) is 20.0 Å². The van der Waals surface area contributed by atoms with Gasteiger partial charge in [0.15, 0.2) is 0 Å².